The fraction of sp³-hybridized carbons (Fsp3) is 0.667. The molecule has 0 bridgehead atoms. The highest BCUT2D eigenvalue weighted by molar-refractivity contribution is 5.73. The van der Waals surface area contributed by atoms with Gasteiger partial charge in [0.1, 0.15) is 0 Å². The van der Waals surface area contributed by atoms with Crippen molar-refractivity contribution in [2.75, 3.05) is 18.0 Å². The zero-order valence-corrected chi connectivity index (χ0v) is 12.9. The highest BCUT2D eigenvalue weighted by Gasteiger charge is 2.27. The summed E-state index contributed by atoms with van der Waals surface area (Å²) in [6.45, 7) is 1.48. The summed E-state index contributed by atoms with van der Waals surface area (Å²) in [4.78, 5) is 21.3. The fourth-order valence-electron chi connectivity index (χ4n) is 2.77. The molecule has 128 valence electrons. The SMILES string of the molecule is NC(=O)CC[C@H]1CCCN(c2nccc(CCC(F)(F)F)n2)C1. The minimum absolute atomic E-state index is 0.141. The summed E-state index contributed by atoms with van der Waals surface area (Å²) in [5, 5.41) is 0. The summed E-state index contributed by atoms with van der Waals surface area (Å²) in [7, 11) is 0. The molecule has 1 amide bonds. The van der Waals surface area contributed by atoms with Gasteiger partial charge in [-0.1, -0.05) is 0 Å². The third-order valence-electron chi connectivity index (χ3n) is 3.97. The lowest BCUT2D eigenvalue weighted by Crippen LogP contribution is -2.37. The highest BCUT2D eigenvalue weighted by atomic mass is 19.4. The Morgan fingerprint density at radius 3 is 2.91 bits per heavy atom. The summed E-state index contributed by atoms with van der Waals surface area (Å²) in [6, 6.07) is 1.52. The number of hydrogen-bond acceptors (Lipinski definition) is 4. The summed E-state index contributed by atoms with van der Waals surface area (Å²) in [5.41, 5.74) is 5.57. The maximum absolute atomic E-state index is 12.3. The van der Waals surface area contributed by atoms with Gasteiger partial charge in [0, 0.05) is 37.8 Å². The van der Waals surface area contributed by atoms with Crippen LogP contribution in [0, 0.1) is 5.92 Å². The van der Waals surface area contributed by atoms with E-state index < -0.39 is 12.6 Å². The molecule has 1 aliphatic rings. The summed E-state index contributed by atoms with van der Waals surface area (Å²) in [6.07, 6.45) is -0.679. The number of piperidine rings is 1. The lowest BCUT2D eigenvalue weighted by Gasteiger charge is -2.32. The molecule has 1 saturated heterocycles. The Labute approximate surface area is 133 Å². The second-order valence-electron chi connectivity index (χ2n) is 5.92. The van der Waals surface area contributed by atoms with Crippen molar-refractivity contribution >= 4 is 11.9 Å². The molecule has 5 nitrogen and oxygen atoms in total. The van der Waals surface area contributed by atoms with Gasteiger partial charge >= 0.3 is 6.18 Å². The number of alkyl halides is 3. The third kappa shape index (κ3) is 6.03. The molecular weight excluding hydrogens is 309 g/mol. The molecule has 1 atom stereocenters. The lowest BCUT2D eigenvalue weighted by molar-refractivity contribution is -0.134. The number of aromatic nitrogens is 2. The number of primary amides is 1. The Hall–Kier alpha value is -1.86. The zero-order valence-electron chi connectivity index (χ0n) is 12.9. The van der Waals surface area contributed by atoms with E-state index in [9.17, 15) is 18.0 Å². The molecule has 0 unspecified atom stereocenters. The number of aryl methyl sites for hydroxylation is 1. The molecule has 2 rings (SSSR count). The molecule has 8 heteroatoms. The molecule has 0 spiro atoms. The van der Waals surface area contributed by atoms with E-state index in [0.717, 1.165) is 25.8 Å². The summed E-state index contributed by atoms with van der Waals surface area (Å²) < 4.78 is 36.9. The first-order valence-electron chi connectivity index (χ1n) is 7.75. The van der Waals surface area contributed by atoms with Gasteiger partial charge in [0.25, 0.3) is 0 Å². The van der Waals surface area contributed by atoms with Crippen LogP contribution in [0.1, 0.15) is 37.8 Å². The molecule has 1 aliphatic heterocycles. The van der Waals surface area contributed by atoms with E-state index in [2.05, 4.69) is 9.97 Å². The van der Waals surface area contributed by atoms with Crippen LogP contribution in [-0.4, -0.2) is 35.1 Å². The molecular formula is C15H21F3N4O. The molecule has 0 saturated carbocycles. The lowest BCUT2D eigenvalue weighted by atomic mass is 9.93. The van der Waals surface area contributed by atoms with Crippen LogP contribution in [0.2, 0.25) is 0 Å². The topological polar surface area (TPSA) is 72.1 Å². The second kappa shape index (κ2) is 7.61. The minimum atomic E-state index is -4.18. The van der Waals surface area contributed by atoms with Crippen molar-refractivity contribution in [3.63, 3.8) is 0 Å². The van der Waals surface area contributed by atoms with Crippen molar-refractivity contribution in [2.24, 2.45) is 11.7 Å². The average molecular weight is 330 g/mol. The maximum Gasteiger partial charge on any atom is 0.389 e. The van der Waals surface area contributed by atoms with Crippen molar-refractivity contribution in [3.05, 3.63) is 18.0 Å². The van der Waals surface area contributed by atoms with Crippen LogP contribution in [-0.2, 0) is 11.2 Å². The van der Waals surface area contributed by atoms with Gasteiger partial charge in [0.05, 0.1) is 0 Å². The van der Waals surface area contributed by atoms with Crippen LogP contribution in [0.5, 0.6) is 0 Å². The fourth-order valence-corrected chi connectivity index (χ4v) is 2.77. The normalized spacial score (nSPS) is 18.9. The Morgan fingerprint density at radius 2 is 2.22 bits per heavy atom. The Balaban J connectivity index is 1.96. The first-order valence-corrected chi connectivity index (χ1v) is 7.75. The maximum atomic E-state index is 12.3. The summed E-state index contributed by atoms with van der Waals surface area (Å²) in [5.74, 6) is 0.486. The van der Waals surface area contributed by atoms with E-state index in [0.29, 0.717) is 30.5 Å². The highest BCUT2D eigenvalue weighted by Crippen LogP contribution is 2.25. The van der Waals surface area contributed by atoms with Gasteiger partial charge in [-0.2, -0.15) is 13.2 Å². The minimum Gasteiger partial charge on any atom is -0.370 e. The van der Waals surface area contributed by atoms with Crippen LogP contribution < -0.4 is 10.6 Å². The first-order chi connectivity index (χ1) is 10.8. The quantitative estimate of drug-likeness (QED) is 0.870. The van der Waals surface area contributed by atoms with Crippen LogP contribution in [0.3, 0.4) is 0 Å². The van der Waals surface area contributed by atoms with E-state index in [1.807, 2.05) is 4.90 Å². The molecule has 1 aromatic rings. The van der Waals surface area contributed by atoms with Crippen molar-refractivity contribution in [1.82, 2.24) is 9.97 Å². The largest absolute Gasteiger partial charge is 0.389 e. The van der Waals surface area contributed by atoms with Crippen LogP contribution in [0.25, 0.3) is 0 Å². The predicted molar refractivity (Wildman–Crippen MR) is 79.8 cm³/mol. The number of nitrogens with two attached hydrogens (primary N) is 1. The summed E-state index contributed by atoms with van der Waals surface area (Å²) >= 11 is 0. The van der Waals surface area contributed by atoms with Gasteiger partial charge in [-0.05, 0) is 37.7 Å². The van der Waals surface area contributed by atoms with Gasteiger partial charge in [0.15, 0.2) is 0 Å². The number of nitrogens with zero attached hydrogens (tertiary/aromatic N) is 3. The van der Waals surface area contributed by atoms with Gasteiger partial charge in [0.2, 0.25) is 11.9 Å². The first kappa shape index (κ1) is 17.5. The van der Waals surface area contributed by atoms with Crippen molar-refractivity contribution in [3.8, 4) is 0 Å². The molecule has 23 heavy (non-hydrogen) atoms. The Morgan fingerprint density at radius 1 is 1.43 bits per heavy atom. The van der Waals surface area contributed by atoms with Gasteiger partial charge in [-0.3, -0.25) is 4.79 Å². The second-order valence-corrected chi connectivity index (χ2v) is 5.92. The van der Waals surface area contributed by atoms with Crippen molar-refractivity contribution in [2.45, 2.75) is 44.7 Å². The molecule has 2 heterocycles. The number of anilines is 1. The van der Waals surface area contributed by atoms with E-state index in [1.165, 1.54) is 12.3 Å². The number of amides is 1. The van der Waals surface area contributed by atoms with E-state index in [4.69, 9.17) is 5.73 Å². The van der Waals surface area contributed by atoms with Gasteiger partial charge in [-0.15, -0.1) is 0 Å². The molecule has 2 N–H and O–H groups in total. The monoisotopic (exact) mass is 330 g/mol. The Bertz CT molecular complexity index is 536. The third-order valence-corrected chi connectivity index (χ3v) is 3.97. The van der Waals surface area contributed by atoms with Gasteiger partial charge < -0.3 is 10.6 Å². The molecule has 0 aromatic carbocycles. The number of rotatable bonds is 6. The van der Waals surface area contributed by atoms with Crippen LogP contribution >= 0.6 is 0 Å². The van der Waals surface area contributed by atoms with E-state index in [1.54, 1.807) is 0 Å². The number of hydrogen-bond donors (Lipinski definition) is 1. The van der Waals surface area contributed by atoms with E-state index >= 15 is 0 Å². The molecule has 1 aromatic heterocycles. The molecule has 0 radical (unpaired) electrons. The van der Waals surface area contributed by atoms with Gasteiger partial charge in [-0.25, -0.2) is 9.97 Å². The standard InChI is InChI=1S/C15H21F3N4O/c16-15(17,18)7-5-12-6-8-20-14(21-12)22-9-1-2-11(10-22)3-4-13(19)23/h6,8,11H,1-5,7,9-10H2,(H2,19,23)/t11-/m1/s1. The van der Waals surface area contributed by atoms with Crippen LogP contribution in [0.15, 0.2) is 12.3 Å². The molecule has 1 fully saturated rings. The number of halogens is 3. The smallest absolute Gasteiger partial charge is 0.370 e. The number of carbonyl (C=O) groups is 1. The Kier molecular flexibility index (Phi) is 5.79. The average Bonchev–Trinajstić information content (AvgIpc) is 2.51. The van der Waals surface area contributed by atoms with E-state index in [-0.39, 0.29) is 12.3 Å². The predicted octanol–water partition coefficient (Wildman–Crippen LogP) is 2.45. The van der Waals surface area contributed by atoms with Crippen molar-refractivity contribution in [1.29, 1.82) is 0 Å². The molecule has 0 aliphatic carbocycles. The number of carbonyl (C=O) groups excluding carboxylic acids is 1. The van der Waals surface area contributed by atoms with Crippen molar-refractivity contribution < 1.29 is 18.0 Å². The van der Waals surface area contributed by atoms with Crippen LogP contribution in [0.4, 0.5) is 19.1 Å². The zero-order chi connectivity index (χ0) is 16.9.